The van der Waals surface area contributed by atoms with Gasteiger partial charge in [-0.3, -0.25) is 4.79 Å². The molecule has 0 radical (unpaired) electrons. The first-order valence-corrected chi connectivity index (χ1v) is 12.4. The molecule has 3 aromatic rings. The number of alkyl halides is 3. The van der Waals surface area contributed by atoms with Gasteiger partial charge >= 0.3 is 6.18 Å². The maximum Gasteiger partial charge on any atom is 0.422 e. The van der Waals surface area contributed by atoms with Crippen molar-refractivity contribution in [2.45, 2.75) is 31.5 Å². The highest BCUT2D eigenvalue weighted by Crippen LogP contribution is 2.32. The van der Waals surface area contributed by atoms with Crippen LogP contribution in [-0.2, 0) is 9.84 Å². The summed E-state index contributed by atoms with van der Waals surface area (Å²) in [6.07, 6.45) is -0.224. The molecule has 0 saturated carbocycles. The van der Waals surface area contributed by atoms with Gasteiger partial charge in [0.25, 0.3) is 17.7 Å². The van der Waals surface area contributed by atoms with Gasteiger partial charge in [-0.2, -0.15) is 18.3 Å². The van der Waals surface area contributed by atoms with Crippen molar-refractivity contribution in [1.82, 2.24) is 24.9 Å². The number of nitrogens with zero attached hydrogens (tertiary/aromatic N) is 4. The Hall–Kier alpha value is -3.13. The second-order valence-electron chi connectivity index (χ2n) is 8.19. The third-order valence-corrected chi connectivity index (χ3v) is 7.35. The van der Waals surface area contributed by atoms with E-state index in [0.29, 0.717) is 0 Å². The standard InChI is InChI=1S/C20H19ClF3N5O5S/c1-19(3-8-35(31,32)9-4-19)27-16(30)15-14(21)13-10-12(2-7-29(13)28-15)34-18-17(25-5-6-26-18)33-11-20(22,23)24/h2,5-7,10H,3-4,8-9,11H2,1H3,(H,27,30). The Morgan fingerprint density at radius 1 is 1.23 bits per heavy atom. The van der Waals surface area contributed by atoms with Crippen LogP contribution in [0.1, 0.15) is 30.3 Å². The zero-order chi connectivity index (χ0) is 25.4. The van der Waals surface area contributed by atoms with Gasteiger partial charge < -0.3 is 14.8 Å². The van der Waals surface area contributed by atoms with Gasteiger partial charge in [-0.25, -0.2) is 22.9 Å². The van der Waals surface area contributed by atoms with Crippen LogP contribution in [-0.4, -0.2) is 63.7 Å². The van der Waals surface area contributed by atoms with Crippen LogP contribution in [0.3, 0.4) is 0 Å². The molecule has 1 aliphatic heterocycles. The summed E-state index contributed by atoms with van der Waals surface area (Å²) >= 11 is 6.39. The Kier molecular flexibility index (Phi) is 6.53. The van der Waals surface area contributed by atoms with E-state index in [1.54, 1.807) is 6.92 Å². The Labute approximate surface area is 202 Å². The molecule has 1 aliphatic rings. The highest BCUT2D eigenvalue weighted by atomic mass is 35.5. The summed E-state index contributed by atoms with van der Waals surface area (Å²) in [5.41, 5.74) is -0.520. The van der Waals surface area contributed by atoms with Gasteiger partial charge in [-0.05, 0) is 25.8 Å². The maximum atomic E-state index is 12.9. The molecule has 4 heterocycles. The van der Waals surface area contributed by atoms with Crippen LogP contribution in [0, 0.1) is 0 Å². The first-order valence-electron chi connectivity index (χ1n) is 10.2. The lowest BCUT2D eigenvalue weighted by molar-refractivity contribution is -0.154. The molecular weight excluding hydrogens is 515 g/mol. The molecule has 0 unspecified atom stereocenters. The maximum absolute atomic E-state index is 12.9. The largest absolute Gasteiger partial charge is 0.464 e. The minimum absolute atomic E-state index is 0.00710. The topological polar surface area (TPSA) is 125 Å². The van der Waals surface area contributed by atoms with Crippen LogP contribution in [0.2, 0.25) is 5.02 Å². The van der Waals surface area contributed by atoms with Gasteiger partial charge in [0.1, 0.15) is 15.6 Å². The van der Waals surface area contributed by atoms with E-state index in [-0.39, 0.29) is 52.2 Å². The second kappa shape index (κ2) is 9.15. The smallest absolute Gasteiger partial charge is 0.422 e. The number of pyridine rings is 1. The number of ether oxygens (including phenoxy) is 2. The number of carbonyl (C=O) groups excluding carboxylic acids is 1. The van der Waals surface area contributed by atoms with E-state index in [0.717, 1.165) is 6.20 Å². The highest BCUT2D eigenvalue weighted by molar-refractivity contribution is 7.91. The quantitative estimate of drug-likeness (QED) is 0.512. The zero-order valence-electron chi connectivity index (χ0n) is 18.2. The van der Waals surface area contributed by atoms with Crippen molar-refractivity contribution in [2.75, 3.05) is 18.1 Å². The van der Waals surface area contributed by atoms with Crippen LogP contribution in [0.15, 0.2) is 30.7 Å². The summed E-state index contributed by atoms with van der Waals surface area (Å²) in [6.45, 7) is 0.188. The molecule has 1 fully saturated rings. The lowest BCUT2D eigenvalue weighted by Crippen LogP contribution is -2.51. The van der Waals surface area contributed by atoms with Crippen molar-refractivity contribution in [3.63, 3.8) is 0 Å². The Morgan fingerprint density at radius 3 is 2.54 bits per heavy atom. The molecule has 0 aromatic carbocycles. The summed E-state index contributed by atoms with van der Waals surface area (Å²) in [4.78, 5) is 20.4. The van der Waals surface area contributed by atoms with Crippen LogP contribution in [0.4, 0.5) is 13.2 Å². The summed E-state index contributed by atoms with van der Waals surface area (Å²) in [7, 11) is -3.11. The molecule has 35 heavy (non-hydrogen) atoms. The number of hydrogen-bond acceptors (Lipinski definition) is 8. The third-order valence-electron chi connectivity index (χ3n) is 5.33. The predicted octanol–water partition coefficient (Wildman–Crippen LogP) is 3.21. The molecule has 15 heteroatoms. The number of sulfone groups is 1. The second-order valence-corrected chi connectivity index (χ2v) is 10.9. The fourth-order valence-electron chi connectivity index (χ4n) is 3.40. The molecule has 4 rings (SSSR count). The minimum Gasteiger partial charge on any atom is -0.464 e. The predicted molar refractivity (Wildman–Crippen MR) is 118 cm³/mol. The normalized spacial score (nSPS) is 17.2. The van der Waals surface area contributed by atoms with E-state index in [4.69, 9.17) is 16.3 Å². The molecule has 1 N–H and O–H groups in total. The molecule has 1 saturated heterocycles. The van der Waals surface area contributed by atoms with Crippen molar-refractivity contribution >= 4 is 32.9 Å². The van der Waals surface area contributed by atoms with E-state index in [1.165, 1.54) is 29.0 Å². The molecule has 0 bridgehead atoms. The number of hydrogen-bond donors (Lipinski definition) is 1. The average molecular weight is 534 g/mol. The van der Waals surface area contributed by atoms with Gasteiger partial charge in [-0.15, -0.1) is 0 Å². The number of carbonyl (C=O) groups is 1. The van der Waals surface area contributed by atoms with E-state index in [1.807, 2.05) is 0 Å². The Morgan fingerprint density at radius 2 is 1.89 bits per heavy atom. The van der Waals surface area contributed by atoms with Gasteiger partial charge in [-0.1, -0.05) is 11.6 Å². The molecule has 0 atom stereocenters. The lowest BCUT2D eigenvalue weighted by Gasteiger charge is -2.34. The number of rotatable bonds is 6. The van der Waals surface area contributed by atoms with E-state index >= 15 is 0 Å². The van der Waals surface area contributed by atoms with Crippen molar-refractivity contribution in [3.8, 4) is 17.5 Å². The van der Waals surface area contributed by atoms with Crippen LogP contribution >= 0.6 is 11.6 Å². The average Bonchev–Trinajstić information content (AvgIpc) is 3.11. The number of nitrogens with one attached hydrogen (secondary N) is 1. The number of aromatic nitrogens is 4. The zero-order valence-corrected chi connectivity index (χ0v) is 19.7. The SMILES string of the molecule is CC1(NC(=O)c2nn3ccc(Oc4nccnc4OCC(F)(F)F)cc3c2Cl)CCS(=O)(=O)CC1. The Balaban J connectivity index is 1.54. The summed E-state index contributed by atoms with van der Waals surface area (Å²) in [5.74, 6) is -1.24. The number of fused-ring (bicyclic) bond motifs is 1. The first-order chi connectivity index (χ1) is 16.3. The van der Waals surface area contributed by atoms with Crippen molar-refractivity contribution in [2.24, 2.45) is 0 Å². The molecular formula is C20H19ClF3N5O5S. The van der Waals surface area contributed by atoms with Crippen molar-refractivity contribution in [1.29, 1.82) is 0 Å². The van der Waals surface area contributed by atoms with Gasteiger partial charge in [0.15, 0.2) is 12.3 Å². The summed E-state index contributed by atoms with van der Waals surface area (Å²) in [5, 5.41) is 7.01. The van der Waals surface area contributed by atoms with E-state index in [2.05, 4.69) is 25.1 Å². The van der Waals surface area contributed by atoms with Gasteiger partial charge in [0.05, 0.1) is 22.0 Å². The fourth-order valence-corrected chi connectivity index (χ4v) is 5.39. The molecule has 3 aromatic heterocycles. The third kappa shape index (κ3) is 5.93. The van der Waals surface area contributed by atoms with E-state index < -0.39 is 39.9 Å². The van der Waals surface area contributed by atoms with Crippen molar-refractivity contribution in [3.05, 3.63) is 41.4 Å². The summed E-state index contributed by atoms with van der Waals surface area (Å²) in [6, 6.07) is 2.86. The number of halogens is 4. The fraction of sp³-hybridized carbons (Fsp3) is 0.400. The molecule has 0 aliphatic carbocycles. The Bertz CT molecular complexity index is 1370. The van der Waals surface area contributed by atoms with Crippen molar-refractivity contribution < 1.29 is 35.9 Å². The van der Waals surface area contributed by atoms with Crippen LogP contribution in [0.5, 0.6) is 17.5 Å². The molecule has 188 valence electrons. The van der Waals surface area contributed by atoms with Gasteiger partial charge in [0, 0.05) is 30.2 Å². The lowest BCUT2D eigenvalue weighted by atomic mass is 9.94. The minimum atomic E-state index is -4.57. The molecule has 0 spiro atoms. The first kappa shape index (κ1) is 25.0. The monoisotopic (exact) mass is 533 g/mol. The van der Waals surface area contributed by atoms with Crippen LogP contribution in [0.25, 0.3) is 5.52 Å². The summed E-state index contributed by atoms with van der Waals surface area (Å²) < 4.78 is 72.4. The molecule has 10 nitrogen and oxygen atoms in total. The molecule has 1 amide bonds. The number of amides is 1. The van der Waals surface area contributed by atoms with Gasteiger partial charge in [0.2, 0.25) is 0 Å². The highest BCUT2D eigenvalue weighted by Gasteiger charge is 2.36. The van der Waals surface area contributed by atoms with Crippen LogP contribution < -0.4 is 14.8 Å². The van der Waals surface area contributed by atoms with E-state index in [9.17, 15) is 26.4 Å².